The number of benzene rings is 1. The minimum absolute atomic E-state index is 0.440. The summed E-state index contributed by atoms with van der Waals surface area (Å²) in [7, 11) is 0. The zero-order valence-electron chi connectivity index (χ0n) is 12.7. The normalized spacial score (nSPS) is 18.2. The lowest BCUT2D eigenvalue weighted by Gasteiger charge is -2.25. The lowest BCUT2D eigenvalue weighted by Crippen LogP contribution is -2.33. The Hall–Kier alpha value is -2.43. The third-order valence-corrected chi connectivity index (χ3v) is 4.27. The summed E-state index contributed by atoms with van der Waals surface area (Å²) in [5.41, 5.74) is 3.11. The summed E-state index contributed by atoms with van der Waals surface area (Å²) in [6.45, 7) is 4.02. The second-order valence-electron chi connectivity index (χ2n) is 5.95. The number of rotatable bonds is 3. The van der Waals surface area contributed by atoms with Crippen molar-refractivity contribution in [2.45, 2.75) is 32.4 Å². The zero-order valence-corrected chi connectivity index (χ0v) is 12.7. The maximum Gasteiger partial charge on any atom is 0.148 e. The number of aromatic nitrogens is 4. The van der Waals surface area contributed by atoms with Gasteiger partial charge in [-0.3, -0.25) is 9.67 Å². The predicted octanol–water partition coefficient (Wildman–Crippen LogP) is 2.80. The van der Waals surface area contributed by atoms with Crippen molar-refractivity contribution in [1.29, 1.82) is 0 Å². The molecular formula is C17H19N5. The number of nitrogens with zero attached hydrogens (tertiary/aromatic N) is 5. The topological polar surface area (TPSA) is 46.8 Å². The Bertz CT molecular complexity index is 794. The highest BCUT2D eigenvalue weighted by atomic mass is 15.3. The van der Waals surface area contributed by atoms with Gasteiger partial charge in [0.1, 0.15) is 5.82 Å². The molecule has 1 aromatic carbocycles. The summed E-state index contributed by atoms with van der Waals surface area (Å²) < 4.78 is 2.03. The first kappa shape index (κ1) is 13.2. The Labute approximate surface area is 129 Å². The van der Waals surface area contributed by atoms with E-state index in [0.717, 1.165) is 29.9 Å². The Morgan fingerprint density at radius 1 is 1.18 bits per heavy atom. The third-order valence-electron chi connectivity index (χ3n) is 4.27. The van der Waals surface area contributed by atoms with Gasteiger partial charge in [-0.05, 0) is 37.5 Å². The maximum absolute atomic E-state index is 4.79. The molecule has 0 N–H and O–H groups in total. The average Bonchev–Trinajstić information content (AvgIpc) is 3.16. The summed E-state index contributed by atoms with van der Waals surface area (Å²) in [6.07, 6.45) is 8.28. The fourth-order valence-corrected chi connectivity index (χ4v) is 3.20. The molecular weight excluding hydrogens is 274 g/mol. The van der Waals surface area contributed by atoms with Crippen LogP contribution in [0.2, 0.25) is 0 Å². The van der Waals surface area contributed by atoms with E-state index in [0.29, 0.717) is 6.04 Å². The molecule has 0 saturated carbocycles. The second kappa shape index (κ2) is 5.40. The number of hydrogen-bond acceptors (Lipinski definition) is 4. The van der Waals surface area contributed by atoms with Crippen LogP contribution in [0.4, 0.5) is 5.82 Å². The van der Waals surface area contributed by atoms with Gasteiger partial charge in [0.15, 0.2) is 0 Å². The van der Waals surface area contributed by atoms with Gasteiger partial charge in [0.25, 0.3) is 0 Å². The molecule has 1 atom stereocenters. The third kappa shape index (κ3) is 2.43. The first-order valence-electron chi connectivity index (χ1n) is 7.77. The maximum atomic E-state index is 4.79. The highest BCUT2D eigenvalue weighted by molar-refractivity contribution is 5.75. The van der Waals surface area contributed by atoms with Gasteiger partial charge in [-0.25, -0.2) is 4.98 Å². The van der Waals surface area contributed by atoms with Gasteiger partial charge in [-0.15, -0.1) is 0 Å². The van der Waals surface area contributed by atoms with Crippen molar-refractivity contribution in [2.75, 3.05) is 11.4 Å². The van der Waals surface area contributed by atoms with Crippen LogP contribution in [0.25, 0.3) is 11.0 Å². The van der Waals surface area contributed by atoms with Gasteiger partial charge in [-0.1, -0.05) is 12.1 Å². The van der Waals surface area contributed by atoms with Crippen LogP contribution in [0.5, 0.6) is 0 Å². The van der Waals surface area contributed by atoms with E-state index in [1.54, 1.807) is 0 Å². The van der Waals surface area contributed by atoms with Crippen molar-refractivity contribution in [3.8, 4) is 0 Å². The summed E-state index contributed by atoms with van der Waals surface area (Å²) >= 11 is 0. The van der Waals surface area contributed by atoms with E-state index in [1.165, 1.54) is 18.4 Å². The molecule has 1 fully saturated rings. The van der Waals surface area contributed by atoms with Crippen LogP contribution in [0.15, 0.2) is 42.9 Å². The Balaban J connectivity index is 1.61. The van der Waals surface area contributed by atoms with Gasteiger partial charge >= 0.3 is 0 Å². The minimum atomic E-state index is 0.440. The predicted molar refractivity (Wildman–Crippen MR) is 86.9 cm³/mol. The van der Waals surface area contributed by atoms with Crippen LogP contribution >= 0.6 is 0 Å². The van der Waals surface area contributed by atoms with E-state index >= 15 is 0 Å². The van der Waals surface area contributed by atoms with Crippen molar-refractivity contribution in [3.63, 3.8) is 0 Å². The summed E-state index contributed by atoms with van der Waals surface area (Å²) in [4.78, 5) is 11.7. The van der Waals surface area contributed by atoms with Crippen LogP contribution in [-0.4, -0.2) is 32.3 Å². The van der Waals surface area contributed by atoms with Crippen LogP contribution in [0.1, 0.15) is 18.4 Å². The van der Waals surface area contributed by atoms with Crippen LogP contribution < -0.4 is 4.90 Å². The molecule has 2 aromatic heterocycles. The molecule has 0 radical (unpaired) electrons. The molecule has 5 nitrogen and oxygen atoms in total. The molecule has 0 spiro atoms. The molecule has 1 aliphatic heterocycles. The van der Waals surface area contributed by atoms with Gasteiger partial charge in [-0.2, -0.15) is 5.10 Å². The summed E-state index contributed by atoms with van der Waals surface area (Å²) in [5, 5.41) is 4.41. The van der Waals surface area contributed by atoms with E-state index in [9.17, 15) is 0 Å². The molecule has 0 aliphatic carbocycles. The number of para-hydroxylation sites is 2. The molecule has 0 amide bonds. The van der Waals surface area contributed by atoms with E-state index in [2.05, 4.69) is 28.1 Å². The Morgan fingerprint density at radius 3 is 2.86 bits per heavy atom. The standard InChI is InChI=1S/C17H19N5/c1-13-9-19-21(11-13)12-14-5-4-8-22(14)17-10-18-15-6-2-3-7-16(15)20-17/h2-3,6-7,9-11,14H,4-5,8,12H2,1H3/t14-/m0/s1. The first-order valence-corrected chi connectivity index (χ1v) is 7.77. The van der Waals surface area contributed by atoms with Crippen molar-refractivity contribution < 1.29 is 0 Å². The molecule has 5 heteroatoms. The number of fused-ring (bicyclic) bond motifs is 1. The highest BCUT2D eigenvalue weighted by Crippen LogP contribution is 2.25. The van der Waals surface area contributed by atoms with Gasteiger partial charge in [0.05, 0.1) is 36.0 Å². The van der Waals surface area contributed by atoms with Crippen molar-refractivity contribution in [1.82, 2.24) is 19.7 Å². The molecule has 0 bridgehead atoms. The quantitative estimate of drug-likeness (QED) is 0.745. The molecule has 112 valence electrons. The lowest BCUT2D eigenvalue weighted by molar-refractivity contribution is 0.507. The number of anilines is 1. The largest absolute Gasteiger partial charge is 0.350 e. The number of aryl methyl sites for hydroxylation is 1. The van der Waals surface area contributed by atoms with Gasteiger partial charge in [0, 0.05) is 12.7 Å². The Kier molecular flexibility index (Phi) is 3.25. The highest BCUT2D eigenvalue weighted by Gasteiger charge is 2.26. The lowest BCUT2D eigenvalue weighted by atomic mass is 10.2. The number of hydrogen-bond donors (Lipinski definition) is 0. The average molecular weight is 293 g/mol. The van der Waals surface area contributed by atoms with Crippen molar-refractivity contribution >= 4 is 16.9 Å². The van der Waals surface area contributed by atoms with Gasteiger partial charge in [0.2, 0.25) is 0 Å². The van der Waals surface area contributed by atoms with Crippen molar-refractivity contribution in [3.05, 3.63) is 48.4 Å². The van der Waals surface area contributed by atoms with E-state index in [4.69, 9.17) is 4.98 Å². The molecule has 1 saturated heterocycles. The van der Waals surface area contributed by atoms with Crippen LogP contribution in [-0.2, 0) is 6.54 Å². The van der Waals surface area contributed by atoms with E-state index in [-0.39, 0.29) is 0 Å². The molecule has 22 heavy (non-hydrogen) atoms. The molecule has 3 aromatic rings. The monoisotopic (exact) mass is 293 g/mol. The molecule has 3 heterocycles. The SMILES string of the molecule is Cc1cnn(C[C@@H]2CCCN2c2cnc3ccccc3n2)c1. The molecule has 4 rings (SSSR count). The summed E-state index contributed by atoms with van der Waals surface area (Å²) in [6, 6.07) is 8.47. The zero-order chi connectivity index (χ0) is 14.9. The van der Waals surface area contributed by atoms with Gasteiger partial charge < -0.3 is 4.90 Å². The first-order chi connectivity index (χ1) is 10.8. The smallest absolute Gasteiger partial charge is 0.148 e. The molecule has 1 aliphatic rings. The minimum Gasteiger partial charge on any atom is -0.350 e. The molecule has 0 unspecified atom stereocenters. The van der Waals surface area contributed by atoms with Crippen LogP contribution in [0.3, 0.4) is 0 Å². The second-order valence-corrected chi connectivity index (χ2v) is 5.95. The fraction of sp³-hybridized carbons (Fsp3) is 0.353. The Morgan fingerprint density at radius 2 is 2.05 bits per heavy atom. The fourth-order valence-electron chi connectivity index (χ4n) is 3.20. The van der Waals surface area contributed by atoms with E-state index < -0.39 is 0 Å². The van der Waals surface area contributed by atoms with Crippen molar-refractivity contribution in [2.24, 2.45) is 0 Å². The summed E-state index contributed by atoms with van der Waals surface area (Å²) in [5.74, 6) is 0.977. The van der Waals surface area contributed by atoms with E-state index in [1.807, 2.05) is 41.3 Å². The van der Waals surface area contributed by atoms with Crippen LogP contribution in [0, 0.1) is 6.92 Å².